The number of aromatic nitrogens is 3. The minimum absolute atomic E-state index is 0.0948. The van der Waals surface area contributed by atoms with Crippen LogP contribution in [0, 0.1) is 11.5 Å². The summed E-state index contributed by atoms with van der Waals surface area (Å²) in [6, 6.07) is 9.27. The summed E-state index contributed by atoms with van der Waals surface area (Å²) in [4.78, 5) is 17.9. The zero-order valence-electron chi connectivity index (χ0n) is 14.4. The van der Waals surface area contributed by atoms with Crippen LogP contribution in [-0.4, -0.2) is 44.7 Å². The highest BCUT2D eigenvalue weighted by atomic mass is 19.1. The molecule has 1 unspecified atom stereocenters. The standard InChI is InChI=1S/C19H17FN6O/c20-19(7-2-8-26(11-19)12-21)18(27)24-17-6-5-13(9-22-17)14-3-1-4-16-15(14)10-23-25-16/h1,3-6,9-10H,2,7-8,11H2,(H,23,25)(H,22,24,27). The number of H-pyrrole nitrogens is 1. The third-order valence-electron chi connectivity index (χ3n) is 4.79. The van der Waals surface area contributed by atoms with Crippen molar-refractivity contribution in [2.45, 2.75) is 18.5 Å². The second kappa shape index (κ2) is 6.68. The van der Waals surface area contributed by atoms with Gasteiger partial charge in [0.05, 0.1) is 18.3 Å². The first-order chi connectivity index (χ1) is 13.1. The van der Waals surface area contributed by atoms with Crippen LogP contribution in [0.15, 0.2) is 42.7 Å². The monoisotopic (exact) mass is 364 g/mol. The Bertz CT molecular complexity index is 1020. The van der Waals surface area contributed by atoms with E-state index in [-0.39, 0.29) is 18.8 Å². The molecule has 1 aliphatic heterocycles. The molecule has 2 aromatic heterocycles. The molecular formula is C19H17FN6O. The predicted molar refractivity (Wildman–Crippen MR) is 98.2 cm³/mol. The molecule has 0 aliphatic carbocycles. The van der Waals surface area contributed by atoms with Crippen molar-refractivity contribution in [3.05, 3.63) is 42.7 Å². The van der Waals surface area contributed by atoms with Crippen molar-refractivity contribution >= 4 is 22.6 Å². The summed E-state index contributed by atoms with van der Waals surface area (Å²) in [5.41, 5.74) is 0.661. The largest absolute Gasteiger partial charge is 0.308 e. The van der Waals surface area contributed by atoms with E-state index < -0.39 is 11.6 Å². The number of nitrogens with one attached hydrogen (secondary N) is 2. The molecule has 3 heterocycles. The van der Waals surface area contributed by atoms with E-state index in [2.05, 4.69) is 20.5 Å². The van der Waals surface area contributed by atoms with Gasteiger partial charge in [-0.05, 0) is 36.6 Å². The SMILES string of the molecule is N#CN1CCCC(F)(C(=O)Nc2ccc(-c3cccc4[nH]ncc34)cn2)C1. The highest BCUT2D eigenvalue weighted by Gasteiger charge is 2.42. The highest BCUT2D eigenvalue weighted by molar-refractivity contribution is 5.97. The average Bonchev–Trinajstić information content (AvgIpc) is 3.17. The van der Waals surface area contributed by atoms with Crippen LogP contribution in [-0.2, 0) is 4.79 Å². The van der Waals surface area contributed by atoms with E-state index in [0.717, 1.165) is 22.0 Å². The third-order valence-corrected chi connectivity index (χ3v) is 4.79. The number of pyridine rings is 1. The van der Waals surface area contributed by atoms with Crippen LogP contribution in [0.4, 0.5) is 10.2 Å². The van der Waals surface area contributed by atoms with Gasteiger partial charge in [-0.15, -0.1) is 0 Å². The third kappa shape index (κ3) is 3.19. The van der Waals surface area contributed by atoms with Gasteiger partial charge in [-0.3, -0.25) is 9.89 Å². The van der Waals surface area contributed by atoms with Gasteiger partial charge in [-0.25, -0.2) is 9.37 Å². The summed E-state index contributed by atoms with van der Waals surface area (Å²) in [5, 5.41) is 19.4. The number of rotatable bonds is 3. The summed E-state index contributed by atoms with van der Waals surface area (Å²) in [6.45, 7) is 0.248. The molecule has 7 nitrogen and oxygen atoms in total. The molecule has 0 spiro atoms. The summed E-state index contributed by atoms with van der Waals surface area (Å²) < 4.78 is 14.9. The van der Waals surface area contributed by atoms with E-state index in [1.165, 1.54) is 4.90 Å². The quantitative estimate of drug-likeness (QED) is 0.697. The number of nitrogens with zero attached hydrogens (tertiary/aromatic N) is 4. The van der Waals surface area contributed by atoms with E-state index in [1.54, 1.807) is 18.5 Å². The van der Waals surface area contributed by atoms with Crippen LogP contribution in [0.25, 0.3) is 22.0 Å². The lowest BCUT2D eigenvalue weighted by Gasteiger charge is -2.33. The molecule has 0 radical (unpaired) electrons. The molecule has 1 atom stereocenters. The molecule has 136 valence electrons. The van der Waals surface area contributed by atoms with Gasteiger partial charge < -0.3 is 10.2 Å². The number of nitriles is 1. The summed E-state index contributed by atoms with van der Waals surface area (Å²) in [5.74, 6) is -0.492. The maximum atomic E-state index is 14.9. The molecule has 1 saturated heterocycles. The van der Waals surface area contributed by atoms with Crippen molar-refractivity contribution in [3.8, 4) is 17.3 Å². The fraction of sp³-hybridized carbons (Fsp3) is 0.263. The number of halogens is 1. The van der Waals surface area contributed by atoms with Crippen LogP contribution >= 0.6 is 0 Å². The maximum Gasteiger partial charge on any atom is 0.265 e. The minimum Gasteiger partial charge on any atom is -0.308 e. The molecule has 2 N–H and O–H groups in total. The minimum atomic E-state index is -2.09. The molecular weight excluding hydrogens is 347 g/mol. The first-order valence-electron chi connectivity index (χ1n) is 8.63. The number of hydrogen-bond acceptors (Lipinski definition) is 5. The molecule has 1 amide bonds. The number of aromatic amines is 1. The van der Waals surface area contributed by atoms with Crippen LogP contribution in [0.1, 0.15) is 12.8 Å². The van der Waals surface area contributed by atoms with Crippen molar-refractivity contribution in [2.75, 3.05) is 18.4 Å². The molecule has 4 rings (SSSR count). The number of fused-ring (bicyclic) bond motifs is 1. The number of amides is 1. The normalized spacial score (nSPS) is 19.6. The topological polar surface area (TPSA) is 97.7 Å². The van der Waals surface area contributed by atoms with Gasteiger partial charge in [0, 0.05) is 23.7 Å². The Morgan fingerprint density at radius 3 is 3.00 bits per heavy atom. The van der Waals surface area contributed by atoms with E-state index in [4.69, 9.17) is 5.26 Å². The van der Waals surface area contributed by atoms with E-state index in [9.17, 15) is 9.18 Å². The van der Waals surface area contributed by atoms with Crippen molar-refractivity contribution in [1.82, 2.24) is 20.1 Å². The Hall–Kier alpha value is -3.47. The zero-order chi connectivity index (χ0) is 18.9. The Morgan fingerprint density at radius 2 is 2.22 bits per heavy atom. The fourth-order valence-electron chi connectivity index (χ4n) is 3.36. The number of benzene rings is 1. The highest BCUT2D eigenvalue weighted by Crippen LogP contribution is 2.29. The molecule has 8 heteroatoms. The molecule has 0 saturated carbocycles. The molecule has 1 aromatic carbocycles. The second-order valence-corrected chi connectivity index (χ2v) is 6.61. The number of carbonyl (C=O) groups is 1. The first-order valence-corrected chi connectivity index (χ1v) is 8.63. The smallest absolute Gasteiger partial charge is 0.265 e. The van der Waals surface area contributed by atoms with Gasteiger partial charge in [0.25, 0.3) is 5.91 Å². The lowest BCUT2D eigenvalue weighted by Crippen LogP contribution is -2.51. The number of anilines is 1. The fourth-order valence-corrected chi connectivity index (χ4v) is 3.36. The van der Waals surface area contributed by atoms with Crippen LogP contribution in [0.3, 0.4) is 0 Å². The van der Waals surface area contributed by atoms with Gasteiger partial charge in [0.1, 0.15) is 5.82 Å². The van der Waals surface area contributed by atoms with Gasteiger partial charge >= 0.3 is 0 Å². The molecule has 1 fully saturated rings. The van der Waals surface area contributed by atoms with Crippen molar-refractivity contribution in [2.24, 2.45) is 0 Å². The summed E-state index contributed by atoms with van der Waals surface area (Å²) in [6.07, 6.45) is 5.83. The van der Waals surface area contributed by atoms with Gasteiger partial charge in [0.15, 0.2) is 6.19 Å². The van der Waals surface area contributed by atoms with Gasteiger partial charge in [0.2, 0.25) is 5.67 Å². The number of piperidine rings is 1. The molecule has 0 bridgehead atoms. The number of carbonyl (C=O) groups excluding carboxylic acids is 1. The van der Waals surface area contributed by atoms with Gasteiger partial charge in [-0.2, -0.15) is 10.4 Å². The Kier molecular flexibility index (Phi) is 4.20. The Balaban J connectivity index is 1.52. The average molecular weight is 364 g/mol. The second-order valence-electron chi connectivity index (χ2n) is 6.61. The maximum absolute atomic E-state index is 14.9. The summed E-state index contributed by atoms with van der Waals surface area (Å²) in [7, 11) is 0. The Morgan fingerprint density at radius 1 is 1.33 bits per heavy atom. The first kappa shape index (κ1) is 17.0. The van der Waals surface area contributed by atoms with Crippen molar-refractivity contribution in [3.63, 3.8) is 0 Å². The van der Waals surface area contributed by atoms with E-state index in [1.807, 2.05) is 30.5 Å². The van der Waals surface area contributed by atoms with Crippen molar-refractivity contribution < 1.29 is 9.18 Å². The predicted octanol–water partition coefficient (Wildman–Crippen LogP) is 2.85. The van der Waals surface area contributed by atoms with Crippen LogP contribution < -0.4 is 5.32 Å². The zero-order valence-corrected chi connectivity index (χ0v) is 14.4. The lowest BCUT2D eigenvalue weighted by molar-refractivity contribution is -0.130. The molecule has 1 aliphatic rings. The number of alkyl halides is 1. The molecule has 3 aromatic rings. The van der Waals surface area contributed by atoms with Gasteiger partial charge in [-0.1, -0.05) is 12.1 Å². The van der Waals surface area contributed by atoms with Crippen LogP contribution in [0.2, 0.25) is 0 Å². The molecule has 27 heavy (non-hydrogen) atoms. The van der Waals surface area contributed by atoms with E-state index in [0.29, 0.717) is 13.0 Å². The van der Waals surface area contributed by atoms with Crippen molar-refractivity contribution in [1.29, 1.82) is 5.26 Å². The van der Waals surface area contributed by atoms with Crippen LogP contribution in [0.5, 0.6) is 0 Å². The van der Waals surface area contributed by atoms with E-state index >= 15 is 0 Å². The summed E-state index contributed by atoms with van der Waals surface area (Å²) >= 11 is 0. The number of hydrogen-bond donors (Lipinski definition) is 2. The lowest BCUT2D eigenvalue weighted by atomic mass is 9.94. The number of likely N-dealkylation sites (tertiary alicyclic amines) is 1. The Labute approximate surface area is 154 Å².